The normalized spacial score (nSPS) is 12.1. The van der Waals surface area contributed by atoms with E-state index in [1.165, 1.54) is 6.92 Å². The van der Waals surface area contributed by atoms with Crippen molar-refractivity contribution in [2.75, 3.05) is 0 Å². The molecule has 4 N–H and O–H groups in total. The molecule has 0 unspecified atom stereocenters. The van der Waals surface area contributed by atoms with Gasteiger partial charge in [-0.3, -0.25) is 9.78 Å². The van der Waals surface area contributed by atoms with Crippen LogP contribution in [-0.4, -0.2) is 28.1 Å². The number of fused-ring (bicyclic) bond motifs is 1. The van der Waals surface area contributed by atoms with Crippen molar-refractivity contribution in [1.82, 2.24) is 15.3 Å². The number of aromatic amines is 1. The topological polar surface area (TPSA) is 110 Å². The van der Waals surface area contributed by atoms with Gasteiger partial charge in [0, 0.05) is 29.0 Å². The monoisotopic (exact) mass is 262 g/mol. The van der Waals surface area contributed by atoms with Gasteiger partial charge in [0.25, 0.3) is 5.91 Å². The molecule has 2 aromatic heterocycles. The van der Waals surface area contributed by atoms with E-state index in [0.29, 0.717) is 6.54 Å². The maximum Gasteiger partial charge on any atom is 0.405 e. The van der Waals surface area contributed by atoms with Crippen LogP contribution in [0.1, 0.15) is 12.6 Å². The number of H-pyrrole nitrogens is 1. The van der Waals surface area contributed by atoms with Crippen LogP contribution in [0.25, 0.3) is 10.9 Å². The molecule has 100 valence electrons. The van der Waals surface area contributed by atoms with Crippen LogP contribution in [-0.2, 0) is 16.1 Å². The molecule has 7 nitrogen and oxygen atoms in total. The minimum Gasteiger partial charge on any atom is -0.437 e. The summed E-state index contributed by atoms with van der Waals surface area (Å²) in [5.41, 5.74) is 6.62. The van der Waals surface area contributed by atoms with Crippen LogP contribution in [0.2, 0.25) is 0 Å². The van der Waals surface area contributed by atoms with Gasteiger partial charge in [0.15, 0.2) is 6.10 Å². The molecule has 0 fully saturated rings. The maximum atomic E-state index is 11.6. The molecule has 2 amide bonds. The van der Waals surface area contributed by atoms with Gasteiger partial charge >= 0.3 is 6.09 Å². The Bertz CT molecular complexity index is 575. The fraction of sp³-hybridized carbons (Fsp3) is 0.250. The van der Waals surface area contributed by atoms with E-state index >= 15 is 0 Å². The van der Waals surface area contributed by atoms with E-state index in [-0.39, 0.29) is 0 Å². The molecule has 0 radical (unpaired) electrons. The Hall–Kier alpha value is -2.57. The van der Waals surface area contributed by atoms with Crippen molar-refractivity contribution in [3.8, 4) is 0 Å². The Morgan fingerprint density at radius 1 is 1.58 bits per heavy atom. The number of hydrogen-bond donors (Lipinski definition) is 3. The largest absolute Gasteiger partial charge is 0.437 e. The Kier molecular flexibility index (Phi) is 3.65. The summed E-state index contributed by atoms with van der Waals surface area (Å²) in [4.78, 5) is 29.3. The first-order valence-corrected chi connectivity index (χ1v) is 5.71. The second kappa shape index (κ2) is 5.38. The molecule has 2 aromatic rings. The maximum absolute atomic E-state index is 11.6. The summed E-state index contributed by atoms with van der Waals surface area (Å²) in [5.74, 6) is -0.407. The zero-order valence-corrected chi connectivity index (χ0v) is 10.3. The van der Waals surface area contributed by atoms with Gasteiger partial charge in [-0.05, 0) is 19.1 Å². The molecule has 2 heterocycles. The number of carbonyl (C=O) groups excluding carboxylic acids is 2. The van der Waals surface area contributed by atoms with E-state index in [4.69, 9.17) is 5.73 Å². The number of pyridine rings is 1. The number of amides is 2. The van der Waals surface area contributed by atoms with E-state index in [0.717, 1.165) is 16.6 Å². The van der Waals surface area contributed by atoms with Crippen molar-refractivity contribution in [3.05, 3.63) is 30.2 Å². The molecule has 0 saturated carbocycles. The molecule has 1 atom stereocenters. The van der Waals surface area contributed by atoms with Gasteiger partial charge in [-0.25, -0.2) is 4.79 Å². The first kappa shape index (κ1) is 12.9. The number of primary amides is 1. The lowest BCUT2D eigenvalue weighted by Crippen LogP contribution is -2.36. The van der Waals surface area contributed by atoms with Crippen LogP contribution in [0.4, 0.5) is 4.79 Å². The van der Waals surface area contributed by atoms with E-state index < -0.39 is 18.1 Å². The fourth-order valence-corrected chi connectivity index (χ4v) is 1.68. The average molecular weight is 262 g/mol. The zero-order valence-electron chi connectivity index (χ0n) is 10.3. The fourth-order valence-electron chi connectivity index (χ4n) is 1.68. The van der Waals surface area contributed by atoms with E-state index in [9.17, 15) is 9.59 Å². The summed E-state index contributed by atoms with van der Waals surface area (Å²) in [5, 5.41) is 3.61. The third-order valence-corrected chi connectivity index (χ3v) is 2.59. The lowest BCUT2D eigenvalue weighted by Gasteiger charge is -2.11. The predicted octanol–water partition coefficient (Wildman–Crippen LogP) is 0.663. The van der Waals surface area contributed by atoms with Crippen LogP contribution in [0.5, 0.6) is 0 Å². The van der Waals surface area contributed by atoms with E-state index in [1.54, 1.807) is 12.4 Å². The summed E-state index contributed by atoms with van der Waals surface area (Å²) in [7, 11) is 0. The van der Waals surface area contributed by atoms with Crippen molar-refractivity contribution in [2.45, 2.75) is 19.6 Å². The van der Waals surface area contributed by atoms with Crippen LogP contribution in [0, 0.1) is 0 Å². The molecule has 0 aromatic carbocycles. The molecule has 0 bridgehead atoms. The van der Waals surface area contributed by atoms with Gasteiger partial charge in [-0.15, -0.1) is 0 Å². The predicted molar refractivity (Wildman–Crippen MR) is 68.1 cm³/mol. The van der Waals surface area contributed by atoms with Crippen LogP contribution in [0.3, 0.4) is 0 Å². The molecular weight excluding hydrogens is 248 g/mol. The van der Waals surface area contributed by atoms with Crippen molar-refractivity contribution < 1.29 is 14.3 Å². The quantitative estimate of drug-likeness (QED) is 0.751. The number of rotatable bonds is 4. The first-order valence-electron chi connectivity index (χ1n) is 5.71. The highest BCUT2D eigenvalue weighted by molar-refractivity contribution is 5.83. The summed E-state index contributed by atoms with van der Waals surface area (Å²) < 4.78 is 4.57. The zero-order chi connectivity index (χ0) is 13.8. The Morgan fingerprint density at radius 2 is 2.37 bits per heavy atom. The highest BCUT2D eigenvalue weighted by Crippen LogP contribution is 2.12. The molecule has 0 saturated heterocycles. The van der Waals surface area contributed by atoms with Gasteiger partial charge in [-0.2, -0.15) is 0 Å². The van der Waals surface area contributed by atoms with Gasteiger partial charge in [0.05, 0.1) is 6.54 Å². The van der Waals surface area contributed by atoms with Crippen molar-refractivity contribution >= 4 is 22.9 Å². The van der Waals surface area contributed by atoms with Crippen LogP contribution >= 0.6 is 0 Å². The average Bonchev–Trinajstić information content (AvgIpc) is 2.77. The third-order valence-electron chi connectivity index (χ3n) is 2.59. The van der Waals surface area contributed by atoms with Gasteiger partial charge in [0.1, 0.15) is 0 Å². The third kappa shape index (κ3) is 3.21. The highest BCUT2D eigenvalue weighted by Gasteiger charge is 2.15. The second-order valence-electron chi connectivity index (χ2n) is 4.05. The number of nitrogens with one attached hydrogen (secondary N) is 2. The van der Waals surface area contributed by atoms with Crippen LogP contribution < -0.4 is 11.1 Å². The molecule has 0 aliphatic rings. The lowest BCUT2D eigenvalue weighted by molar-refractivity contribution is -0.128. The second-order valence-corrected chi connectivity index (χ2v) is 4.05. The SMILES string of the molecule is C[C@H](OC(N)=O)C(=O)NCc1cc2cnccc2[nH]1. The number of aromatic nitrogens is 2. The number of hydrogen-bond acceptors (Lipinski definition) is 4. The summed E-state index contributed by atoms with van der Waals surface area (Å²) in [6.45, 7) is 1.76. The van der Waals surface area contributed by atoms with Crippen molar-refractivity contribution in [3.63, 3.8) is 0 Å². The Balaban J connectivity index is 1.94. The minimum atomic E-state index is -0.973. The molecule has 7 heteroatoms. The van der Waals surface area contributed by atoms with E-state index in [1.807, 2.05) is 12.1 Å². The van der Waals surface area contributed by atoms with Crippen molar-refractivity contribution in [2.24, 2.45) is 5.73 Å². The van der Waals surface area contributed by atoms with Crippen LogP contribution in [0.15, 0.2) is 24.5 Å². The molecule has 19 heavy (non-hydrogen) atoms. The van der Waals surface area contributed by atoms with Crippen molar-refractivity contribution in [1.29, 1.82) is 0 Å². The number of ether oxygens (including phenoxy) is 1. The number of nitrogens with zero attached hydrogens (tertiary/aromatic N) is 1. The Morgan fingerprint density at radius 3 is 3.05 bits per heavy atom. The summed E-state index contributed by atoms with van der Waals surface area (Å²) >= 11 is 0. The molecule has 0 aliphatic heterocycles. The first-order chi connectivity index (χ1) is 9.06. The summed E-state index contributed by atoms with van der Waals surface area (Å²) in [6.07, 6.45) is 1.53. The highest BCUT2D eigenvalue weighted by atomic mass is 16.6. The smallest absolute Gasteiger partial charge is 0.405 e. The molecule has 0 aliphatic carbocycles. The minimum absolute atomic E-state index is 0.306. The number of nitrogens with two attached hydrogens (primary N) is 1. The summed E-state index contributed by atoms with van der Waals surface area (Å²) in [6, 6.07) is 3.74. The molecular formula is C12H14N4O3. The number of carbonyl (C=O) groups is 2. The Labute approximate surface area is 109 Å². The van der Waals surface area contributed by atoms with Gasteiger partial charge in [0.2, 0.25) is 0 Å². The molecule has 2 rings (SSSR count). The standard InChI is InChI=1S/C12H14N4O3/c1-7(19-12(13)18)11(17)15-6-9-4-8-5-14-3-2-10(8)16-9/h2-5,7,16H,6H2,1H3,(H2,13,18)(H,15,17)/t7-/m0/s1. The van der Waals surface area contributed by atoms with E-state index in [2.05, 4.69) is 20.0 Å². The van der Waals surface area contributed by atoms with Gasteiger partial charge < -0.3 is 20.8 Å². The lowest BCUT2D eigenvalue weighted by atomic mass is 10.3. The van der Waals surface area contributed by atoms with Gasteiger partial charge in [-0.1, -0.05) is 0 Å². The molecule has 0 spiro atoms.